The molecule has 0 radical (unpaired) electrons. The van der Waals surface area contributed by atoms with E-state index in [0.29, 0.717) is 0 Å². The molecule has 0 aromatic heterocycles. The highest BCUT2D eigenvalue weighted by Gasteiger charge is 2.28. The van der Waals surface area contributed by atoms with E-state index in [4.69, 9.17) is 4.74 Å². The van der Waals surface area contributed by atoms with Crippen molar-refractivity contribution in [3.05, 3.63) is 11.1 Å². The van der Waals surface area contributed by atoms with Crippen molar-refractivity contribution < 1.29 is 4.74 Å². The van der Waals surface area contributed by atoms with Gasteiger partial charge in [-0.05, 0) is 26.7 Å². The largest absolute Gasteiger partial charge is 0.380 e. The van der Waals surface area contributed by atoms with E-state index in [0.717, 1.165) is 25.0 Å². The van der Waals surface area contributed by atoms with Crippen LogP contribution in [0, 0.1) is 11.8 Å². The van der Waals surface area contributed by atoms with Gasteiger partial charge in [-0.3, -0.25) is 0 Å². The average molecular weight is 152 g/mol. The standard InChI is InChI=1S/C10H16O/c1-7-8(2)10-4-3-9(7)5-11-6-10/h9-10H,3-6H2,1-2H3. The number of ether oxygens (including phenoxy) is 1. The molecule has 0 aromatic rings. The van der Waals surface area contributed by atoms with Gasteiger partial charge >= 0.3 is 0 Å². The summed E-state index contributed by atoms with van der Waals surface area (Å²) in [6.07, 6.45) is 2.71. The van der Waals surface area contributed by atoms with Crippen LogP contribution >= 0.6 is 0 Å². The van der Waals surface area contributed by atoms with E-state index in [1.54, 1.807) is 11.1 Å². The fourth-order valence-electron chi connectivity index (χ4n) is 2.25. The molecule has 1 nitrogen and oxygen atoms in total. The lowest BCUT2D eigenvalue weighted by molar-refractivity contribution is 0.117. The molecule has 1 aliphatic carbocycles. The summed E-state index contributed by atoms with van der Waals surface area (Å²) in [5.41, 5.74) is 3.22. The van der Waals surface area contributed by atoms with E-state index in [1.165, 1.54) is 12.8 Å². The summed E-state index contributed by atoms with van der Waals surface area (Å²) in [5.74, 6) is 1.49. The molecule has 1 saturated heterocycles. The number of hydrogen-bond acceptors (Lipinski definition) is 1. The molecule has 11 heavy (non-hydrogen) atoms. The van der Waals surface area contributed by atoms with Gasteiger partial charge in [0.15, 0.2) is 0 Å². The zero-order chi connectivity index (χ0) is 7.84. The lowest BCUT2D eigenvalue weighted by Crippen LogP contribution is -2.15. The third-order valence-electron chi connectivity index (χ3n) is 3.35. The van der Waals surface area contributed by atoms with Gasteiger partial charge in [0.2, 0.25) is 0 Å². The van der Waals surface area contributed by atoms with Gasteiger partial charge in [0, 0.05) is 11.8 Å². The van der Waals surface area contributed by atoms with Crippen molar-refractivity contribution in [2.75, 3.05) is 13.2 Å². The van der Waals surface area contributed by atoms with Gasteiger partial charge in [-0.2, -0.15) is 0 Å². The van der Waals surface area contributed by atoms with Gasteiger partial charge in [-0.25, -0.2) is 0 Å². The monoisotopic (exact) mass is 152 g/mol. The predicted molar refractivity (Wildman–Crippen MR) is 45.4 cm³/mol. The van der Waals surface area contributed by atoms with Crippen LogP contribution in [0.15, 0.2) is 11.1 Å². The normalized spacial score (nSPS) is 37.6. The van der Waals surface area contributed by atoms with Crippen LogP contribution in [-0.4, -0.2) is 13.2 Å². The molecule has 2 atom stereocenters. The van der Waals surface area contributed by atoms with Crippen LogP contribution in [0.1, 0.15) is 26.7 Å². The molecule has 1 fully saturated rings. The third kappa shape index (κ3) is 1.12. The lowest BCUT2D eigenvalue weighted by Gasteiger charge is -2.25. The summed E-state index contributed by atoms with van der Waals surface area (Å²) in [6.45, 7) is 6.50. The van der Waals surface area contributed by atoms with Gasteiger partial charge in [-0.15, -0.1) is 0 Å². The minimum absolute atomic E-state index is 0.744. The molecule has 0 amide bonds. The van der Waals surface area contributed by atoms with Crippen molar-refractivity contribution in [2.45, 2.75) is 26.7 Å². The molecule has 0 aromatic carbocycles. The Morgan fingerprint density at radius 1 is 1.00 bits per heavy atom. The molecule has 2 bridgehead atoms. The van der Waals surface area contributed by atoms with Crippen LogP contribution in [0.2, 0.25) is 0 Å². The highest BCUT2D eigenvalue weighted by atomic mass is 16.5. The maximum absolute atomic E-state index is 5.58. The molecular formula is C10H16O. The van der Waals surface area contributed by atoms with E-state index >= 15 is 0 Å². The summed E-state index contributed by atoms with van der Waals surface area (Å²) in [7, 11) is 0. The van der Waals surface area contributed by atoms with Gasteiger partial charge in [-0.1, -0.05) is 11.1 Å². The second-order valence-corrected chi connectivity index (χ2v) is 3.87. The molecule has 3 aliphatic rings. The van der Waals surface area contributed by atoms with Crippen molar-refractivity contribution in [3.8, 4) is 0 Å². The van der Waals surface area contributed by atoms with Gasteiger partial charge in [0.05, 0.1) is 13.2 Å². The number of fused-ring (bicyclic) bond motifs is 3. The predicted octanol–water partition coefficient (Wildman–Crippen LogP) is 2.38. The first-order chi connectivity index (χ1) is 5.29. The Morgan fingerprint density at radius 3 is 1.91 bits per heavy atom. The molecular weight excluding hydrogens is 136 g/mol. The Morgan fingerprint density at radius 2 is 1.45 bits per heavy atom. The Bertz CT molecular complexity index is 169. The second-order valence-electron chi connectivity index (χ2n) is 3.87. The van der Waals surface area contributed by atoms with E-state index in [9.17, 15) is 0 Å². The zero-order valence-electron chi connectivity index (χ0n) is 7.39. The zero-order valence-corrected chi connectivity index (χ0v) is 7.39. The van der Waals surface area contributed by atoms with Crippen molar-refractivity contribution in [1.82, 2.24) is 0 Å². The minimum Gasteiger partial charge on any atom is -0.380 e. The van der Waals surface area contributed by atoms with Gasteiger partial charge in [0.25, 0.3) is 0 Å². The molecule has 2 unspecified atom stereocenters. The molecule has 2 aliphatic heterocycles. The summed E-state index contributed by atoms with van der Waals surface area (Å²) < 4.78 is 5.58. The van der Waals surface area contributed by atoms with Gasteiger partial charge < -0.3 is 4.74 Å². The highest BCUT2D eigenvalue weighted by Crippen LogP contribution is 2.36. The van der Waals surface area contributed by atoms with Crippen molar-refractivity contribution in [3.63, 3.8) is 0 Å². The second kappa shape index (κ2) is 2.63. The van der Waals surface area contributed by atoms with E-state index in [-0.39, 0.29) is 0 Å². The Balaban J connectivity index is 2.32. The molecule has 2 heterocycles. The van der Waals surface area contributed by atoms with E-state index < -0.39 is 0 Å². The van der Waals surface area contributed by atoms with Crippen LogP contribution in [-0.2, 0) is 4.74 Å². The SMILES string of the molecule is CC1=C(C)C2CCC1COC2. The van der Waals surface area contributed by atoms with Crippen LogP contribution in [0.5, 0.6) is 0 Å². The number of hydrogen-bond donors (Lipinski definition) is 0. The fraction of sp³-hybridized carbons (Fsp3) is 0.800. The van der Waals surface area contributed by atoms with Gasteiger partial charge in [0.1, 0.15) is 0 Å². The van der Waals surface area contributed by atoms with Crippen LogP contribution in [0.4, 0.5) is 0 Å². The summed E-state index contributed by atoms with van der Waals surface area (Å²) in [5, 5.41) is 0. The van der Waals surface area contributed by atoms with Crippen LogP contribution in [0.3, 0.4) is 0 Å². The molecule has 0 N–H and O–H groups in total. The Labute approximate surface area is 68.4 Å². The smallest absolute Gasteiger partial charge is 0.0531 e. The van der Waals surface area contributed by atoms with E-state index in [2.05, 4.69) is 13.8 Å². The summed E-state index contributed by atoms with van der Waals surface area (Å²) in [6, 6.07) is 0. The first kappa shape index (κ1) is 7.35. The van der Waals surface area contributed by atoms with Crippen molar-refractivity contribution in [1.29, 1.82) is 0 Å². The summed E-state index contributed by atoms with van der Waals surface area (Å²) >= 11 is 0. The van der Waals surface area contributed by atoms with E-state index in [1.807, 2.05) is 0 Å². The maximum Gasteiger partial charge on any atom is 0.0531 e. The maximum atomic E-state index is 5.58. The summed E-state index contributed by atoms with van der Waals surface area (Å²) in [4.78, 5) is 0. The topological polar surface area (TPSA) is 9.23 Å². The molecule has 62 valence electrons. The molecule has 3 rings (SSSR count). The first-order valence-corrected chi connectivity index (χ1v) is 4.54. The van der Waals surface area contributed by atoms with Crippen LogP contribution < -0.4 is 0 Å². The first-order valence-electron chi connectivity index (χ1n) is 4.54. The minimum atomic E-state index is 0.744. The average Bonchev–Trinajstić information content (AvgIpc) is 2.30. The van der Waals surface area contributed by atoms with Crippen molar-refractivity contribution >= 4 is 0 Å². The molecule has 1 heteroatoms. The lowest BCUT2D eigenvalue weighted by atomic mass is 9.80. The molecule has 0 saturated carbocycles. The Kier molecular flexibility index (Phi) is 1.76. The number of rotatable bonds is 0. The van der Waals surface area contributed by atoms with Crippen molar-refractivity contribution in [2.24, 2.45) is 11.8 Å². The highest BCUT2D eigenvalue weighted by molar-refractivity contribution is 5.20. The quantitative estimate of drug-likeness (QED) is 0.484. The third-order valence-corrected chi connectivity index (χ3v) is 3.35. The fourth-order valence-corrected chi connectivity index (χ4v) is 2.25. The molecule has 0 spiro atoms. The Hall–Kier alpha value is -0.300. The van der Waals surface area contributed by atoms with Crippen LogP contribution in [0.25, 0.3) is 0 Å².